The molecule has 0 bridgehead atoms. The Balaban J connectivity index is 0.00000144. The summed E-state index contributed by atoms with van der Waals surface area (Å²) in [6.45, 7) is 3.90. The highest BCUT2D eigenvalue weighted by Crippen LogP contribution is 2.29. The number of hydrogen-bond acceptors (Lipinski definition) is 4. The third kappa shape index (κ3) is 3.21. The monoisotopic (exact) mass is 360 g/mol. The van der Waals surface area contributed by atoms with E-state index in [1.54, 1.807) is 16.4 Å². The van der Waals surface area contributed by atoms with E-state index in [0.29, 0.717) is 17.3 Å². The van der Waals surface area contributed by atoms with Crippen LogP contribution in [0, 0.1) is 0 Å². The lowest BCUT2D eigenvalue weighted by atomic mass is 10.3. The Labute approximate surface area is 120 Å². The van der Waals surface area contributed by atoms with Gasteiger partial charge in [0.05, 0.1) is 3.79 Å². The van der Waals surface area contributed by atoms with Crippen LogP contribution in [0.2, 0.25) is 0 Å². The molecule has 98 valence electrons. The minimum Gasteiger partial charge on any atom is -0.314 e. The highest BCUT2D eigenvalue weighted by atomic mass is 79.9. The van der Waals surface area contributed by atoms with Gasteiger partial charge in [0, 0.05) is 25.7 Å². The first kappa shape index (κ1) is 15.4. The standard InChI is InChI=1S/C9H13BrN2O2S2.ClH/c1-7-6-11-4-5-12(7)16(13,14)9-3-2-8(10)15-9;/h2-3,7,11H,4-6H2,1H3;1H/t7-;/m0./s1. The summed E-state index contributed by atoms with van der Waals surface area (Å²) in [5.74, 6) is 0. The Morgan fingerprint density at radius 1 is 1.53 bits per heavy atom. The first-order chi connectivity index (χ1) is 7.51. The van der Waals surface area contributed by atoms with E-state index in [1.807, 2.05) is 6.92 Å². The number of nitrogens with zero attached hydrogens (tertiary/aromatic N) is 1. The molecule has 1 aliphatic rings. The molecule has 0 aliphatic carbocycles. The molecule has 1 atom stereocenters. The molecule has 17 heavy (non-hydrogen) atoms. The number of halogens is 2. The van der Waals surface area contributed by atoms with E-state index in [-0.39, 0.29) is 18.4 Å². The first-order valence-electron chi connectivity index (χ1n) is 5.00. The van der Waals surface area contributed by atoms with Crippen LogP contribution in [0.5, 0.6) is 0 Å². The highest BCUT2D eigenvalue weighted by molar-refractivity contribution is 9.11. The average Bonchev–Trinajstić information content (AvgIpc) is 2.66. The molecule has 0 radical (unpaired) electrons. The summed E-state index contributed by atoms with van der Waals surface area (Å²) in [5.41, 5.74) is 0. The molecule has 1 aliphatic heterocycles. The predicted molar refractivity (Wildman–Crippen MR) is 75.5 cm³/mol. The summed E-state index contributed by atoms with van der Waals surface area (Å²) >= 11 is 4.54. The molecule has 0 saturated carbocycles. The minimum absolute atomic E-state index is 0. The van der Waals surface area contributed by atoms with Crippen molar-refractivity contribution in [3.8, 4) is 0 Å². The maximum absolute atomic E-state index is 12.3. The molecular weight excluding hydrogens is 348 g/mol. The smallest absolute Gasteiger partial charge is 0.252 e. The van der Waals surface area contributed by atoms with Crippen molar-refractivity contribution < 1.29 is 8.42 Å². The van der Waals surface area contributed by atoms with E-state index in [9.17, 15) is 8.42 Å². The van der Waals surface area contributed by atoms with E-state index >= 15 is 0 Å². The van der Waals surface area contributed by atoms with Gasteiger partial charge in [-0.15, -0.1) is 23.7 Å². The van der Waals surface area contributed by atoms with Crippen LogP contribution in [0.1, 0.15) is 6.92 Å². The van der Waals surface area contributed by atoms with Crippen LogP contribution in [0.25, 0.3) is 0 Å². The molecule has 2 heterocycles. The van der Waals surface area contributed by atoms with E-state index < -0.39 is 10.0 Å². The molecule has 0 unspecified atom stereocenters. The molecule has 1 aromatic heterocycles. The van der Waals surface area contributed by atoms with Crippen molar-refractivity contribution in [2.45, 2.75) is 17.2 Å². The summed E-state index contributed by atoms with van der Waals surface area (Å²) < 4.78 is 27.4. The first-order valence-corrected chi connectivity index (χ1v) is 8.04. The fourth-order valence-electron chi connectivity index (χ4n) is 1.73. The molecule has 1 saturated heterocycles. The van der Waals surface area contributed by atoms with Gasteiger partial charge in [0.15, 0.2) is 0 Å². The molecule has 1 N–H and O–H groups in total. The van der Waals surface area contributed by atoms with Gasteiger partial charge in [-0.25, -0.2) is 8.42 Å². The van der Waals surface area contributed by atoms with Crippen LogP contribution >= 0.6 is 39.7 Å². The molecule has 8 heteroatoms. The molecule has 1 aromatic rings. The highest BCUT2D eigenvalue weighted by Gasteiger charge is 2.31. The van der Waals surface area contributed by atoms with Gasteiger partial charge in [0.25, 0.3) is 10.0 Å². The van der Waals surface area contributed by atoms with Crippen LogP contribution in [0.4, 0.5) is 0 Å². The third-order valence-electron chi connectivity index (χ3n) is 2.55. The lowest BCUT2D eigenvalue weighted by Crippen LogP contribution is -2.51. The maximum Gasteiger partial charge on any atom is 0.252 e. The van der Waals surface area contributed by atoms with Gasteiger partial charge >= 0.3 is 0 Å². The summed E-state index contributed by atoms with van der Waals surface area (Å²) in [4.78, 5) is 0. The molecule has 2 rings (SSSR count). The molecule has 0 amide bonds. The fourth-order valence-corrected chi connectivity index (χ4v) is 5.50. The molecule has 0 aromatic carbocycles. The number of nitrogens with one attached hydrogen (secondary N) is 1. The van der Waals surface area contributed by atoms with Crippen molar-refractivity contribution in [1.82, 2.24) is 9.62 Å². The van der Waals surface area contributed by atoms with Gasteiger partial charge in [-0.3, -0.25) is 0 Å². The van der Waals surface area contributed by atoms with Gasteiger partial charge in [-0.2, -0.15) is 4.31 Å². The van der Waals surface area contributed by atoms with Crippen molar-refractivity contribution in [1.29, 1.82) is 0 Å². The Morgan fingerprint density at radius 3 is 2.76 bits per heavy atom. The number of hydrogen-bond donors (Lipinski definition) is 1. The lowest BCUT2D eigenvalue weighted by Gasteiger charge is -2.32. The Hall–Kier alpha value is 0.340. The van der Waals surface area contributed by atoms with Gasteiger partial charge in [-0.05, 0) is 35.0 Å². The minimum atomic E-state index is -3.31. The zero-order valence-corrected chi connectivity index (χ0v) is 13.3. The van der Waals surface area contributed by atoms with Crippen LogP contribution < -0.4 is 5.32 Å². The van der Waals surface area contributed by atoms with E-state index in [2.05, 4.69) is 21.2 Å². The van der Waals surface area contributed by atoms with Crippen molar-refractivity contribution in [2.75, 3.05) is 19.6 Å². The molecule has 4 nitrogen and oxygen atoms in total. The van der Waals surface area contributed by atoms with Crippen molar-refractivity contribution in [3.05, 3.63) is 15.9 Å². The second kappa shape index (κ2) is 5.99. The second-order valence-corrected chi connectivity index (χ2v) is 8.31. The van der Waals surface area contributed by atoms with Crippen molar-refractivity contribution >= 4 is 49.7 Å². The molecule has 1 fully saturated rings. The normalized spacial score (nSPS) is 22.1. The Bertz CT molecular complexity index is 477. The lowest BCUT2D eigenvalue weighted by molar-refractivity contribution is 0.284. The summed E-state index contributed by atoms with van der Waals surface area (Å²) in [7, 11) is -3.31. The summed E-state index contributed by atoms with van der Waals surface area (Å²) in [5, 5.41) is 3.18. The molecular formula is C9H14BrClN2O2S2. The average molecular weight is 362 g/mol. The van der Waals surface area contributed by atoms with E-state index in [1.165, 1.54) is 11.3 Å². The topological polar surface area (TPSA) is 49.4 Å². The zero-order chi connectivity index (χ0) is 11.8. The predicted octanol–water partition coefficient (Wildman–Crippen LogP) is 1.91. The largest absolute Gasteiger partial charge is 0.314 e. The van der Waals surface area contributed by atoms with Crippen molar-refractivity contribution in [2.24, 2.45) is 0 Å². The quantitative estimate of drug-likeness (QED) is 0.875. The molecule has 0 spiro atoms. The van der Waals surface area contributed by atoms with Gasteiger partial charge in [0.2, 0.25) is 0 Å². The third-order valence-corrected chi connectivity index (χ3v) is 6.66. The fraction of sp³-hybridized carbons (Fsp3) is 0.556. The summed E-state index contributed by atoms with van der Waals surface area (Å²) in [6, 6.07) is 3.43. The number of piperazine rings is 1. The Kier molecular flexibility index (Phi) is 5.42. The number of rotatable bonds is 2. The van der Waals surface area contributed by atoms with Crippen molar-refractivity contribution in [3.63, 3.8) is 0 Å². The van der Waals surface area contributed by atoms with Crippen LogP contribution in [0.15, 0.2) is 20.1 Å². The Morgan fingerprint density at radius 2 is 2.24 bits per heavy atom. The SMILES string of the molecule is C[C@H]1CNCCN1S(=O)(=O)c1ccc(Br)s1.Cl. The van der Waals surface area contributed by atoms with Gasteiger partial charge in [-0.1, -0.05) is 0 Å². The zero-order valence-electron chi connectivity index (χ0n) is 9.22. The summed E-state index contributed by atoms with van der Waals surface area (Å²) in [6.07, 6.45) is 0. The van der Waals surface area contributed by atoms with Crippen LogP contribution in [-0.2, 0) is 10.0 Å². The number of thiophene rings is 1. The van der Waals surface area contributed by atoms with Gasteiger partial charge in [0.1, 0.15) is 4.21 Å². The van der Waals surface area contributed by atoms with Crippen LogP contribution in [-0.4, -0.2) is 38.4 Å². The number of sulfonamides is 1. The maximum atomic E-state index is 12.3. The van der Waals surface area contributed by atoms with Gasteiger partial charge < -0.3 is 5.32 Å². The van der Waals surface area contributed by atoms with E-state index in [0.717, 1.165) is 10.3 Å². The van der Waals surface area contributed by atoms with Crippen LogP contribution in [0.3, 0.4) is 0 Å². The van der Waals surface area contributed by atoms with E-state index in [4.69, 9.17) is 0 Å². The second-order valence-electron chi connectivity index (χ2n) is 3.73.